The van der Waals surface area contributed by atoms with Gasteiger partial charge in [0, 0.05) is 11.6 Å². The van der Waals surface area contributed by atoms with Crippen LogP contribution in [-0.4, -0.2) is 35.1 Å². The summed E-state index contributed by atoms with van der Waals surface area (Å²) in [5, 5.41) is 12.0. The molecule has 1 atom stereocenters. The second-order valence-electron chi connectivity index (χ2n) is 3.83. The van der Waals surface area contributed by atoms with E-state index in [9.17, 15) is 9.59 Å². The van der Waals surface area contributed by atoms with Crippen molar-refractivity contribution < 1.29 is 14.7 Å². The quantitative estimate of drug-likeness (QED) is 0.859. The average Bonchev–Trinajstić information content (AvgIpc) is 2.59. The normalized spacial score (nSPS) is 19.2. The van der Waals surface area contributed by atoms with E-state index in [1.807, 2.05) is 6.07 Å². The number of nitrogens with one attached hydrogen (secondary N) is 1. The summed E-state index contributed by atoms with van der Waals surface area (Å²) in [5.74, 6) is -1.02. The summed E-state index contributed by atoms with van der Waals surface area (Å²) in [6.07, 6.45) is 0. The van der Waals surface area contributed by atoms with Crippen molar-refractivity contribution in [2.45, 2.75) is 6.04 Å². The van der Waals surface area contributed by atoms with Crippen molar-refractivity contribution in [1.82, 2.24) is 10.2 Å². The lowest BCUT2D eigenvalue weighted by Crippen LogP contribution is -2.32. The number of rotatable bonds is 3. The second-order valence-corrected chi connectivity index (χ2v) is 4.27. The van der Waals surface area contributed by atoms with E-state index in [-0.39, 0.29) is 18.6 Å². The van der Waals surface area contributed by atoms with E-state index in [2.05, 4.69) is 5.32 Å². The van der Waals surface area contributed by atoms with Gasteiger partial charge in [-0.1, -0.05) is 23.7 Å². The highest BCUT2D eigenvalue weighted by atomic mass is 35.5. The van der Waals surface area contributed by atoms with Crippen LogP contribution in [0.5, 0.6) is 0 Å². The number of hydrogen-bond donors (Lipinski definition) is 2. The highest BCUT2D eigenvalue weighted by molar-refractivity contribution is 6.30. The summed E-state index contributed by atoms with van der Waals surface area (Å²) in [4.78, 5) is 23.3. The Morgan fingerprint density at radius 2 is 2.35 bits per heavy atom. The van der Waals surface area contributed by atoms with Crippen LogP contribution in [0.25, 0.3) is 0 Å². The molecule has 1 aliphatic rings. The molecule has 1 fully saturated rings. The van der Waals surface area contributed by atoms with E-state index in [1.54, 1.807) is 18.2 Å². The fourth-order valence-corrected chi connectivity index (χ4v) is 2.00. The minimum Gasteiger partial charge on any atom is -0.480 e. The van der Waals surface area contributed by atoms with Gasteiger partial charge in [0.2, 0.25) is 0 Å². The van der Waals surface area contributed by atoms with E-state index in [1.165, 1.54) is 4.90 Å². The maximum Gasteiger partial charge on any atom is 0.323 e. The molecule has 17 heavy (non-hydrogen) atoms. The Bertz CT molecular complexity index is 464. The predicted octanol–water partition coefficient (Wildman–Crippen LogP) is 1.49. The van der Waals surface area contributed by atoms with Gasteiger partial charge in [0.15, 0.2) is 0 Å². The maximum atomic E-state index is 11.5. The minimum absolute atomic E-state index is 0.208. The molecule has 2 amide bonds. The van der Waals surface area contributed by atoms with Gasteiger partial charge in [0.05, 0.1) is 6.04 Å². The molecule has 2 rings (SSSR count). The van der Waals surface area contributed by atoms with Gasteiger partial charge < -0.3 is 15.3 Å². The zero-order valence-electron chi connectivity index (χ0n) is 8.89. The molecule has 6 heteroatoms. The summed E-state index contributed by atoms with van der Waals surface area (Å²) in [6.45, 7) is 0.0500. The number of carbonyl (C=O) groups excluding carboxylic acids is 1. The van der Waals surface area contributed by atoms with Crippen LogP contribution in [0.1, 0.15) is 11.6 Å². The van der Waals surface area contributed by atoms with Crippen LogP contribution in [-0.2, 0) is 4.79 Å². The van der Waals surface area contributed by atoms with Crippen LogP contribution >= 0.6 is 11.6 Å². The largest absolute Gasteiger partial charge is 0.480 e. The molecule has 0 spiro atoms. The number of benzene rings is 1. The third-order valence-electron chi connectivity index (χ3n) is 2.57. The number of carbonyl (C=O) groups is 2. The summed E-state index contributed by atoms with van der Waals surface area (Å²) in [5.41, 5.74) is 0.874. The molecule has 5 nitrogen and oxygen atoms in total. The van der Waals surface area contributed by atoms with Crippen LogP contribution in [0.3, 0.4) is 0 Å². The lowest BCUT2D eigenvalue weighted by Gasteiger charge is -2.11. The van der Waals surface area contributed by atoms with Gasteiger partial charge in [-0.2, -0.15) is 0 Å². The van der Waals surface area contributed by atoms with Crippen molar-refractivity contribution in [2.75, 3.05) is 13.1 Å². The van der Waals surface area contributed by atoms with Crippen molar-refractivity contribution in [3.8, 4) is 0 Å². The van der Waals surface area contributed by atoms with E-state index in [4.69, 9.17) is 16.7 Å². The Morgan fingerprint density at radius 1 is 1.59 bits per heavy atom. The summed E-state index contributed by atoms with van der Waals surface area (Å²) < 4.78 is 0. The third-order valence-corrected chi connectivity index (χ3v) is 2.80. The lowest BCUT2D eigenvalue weighted by atomic mass is 10.1. The summed E-state index contributed by atoms with van der Waals surface area (Å²) >= 11 is 5.86. The smallest absolute Gasteiger partial charge is 0.323 e. The van der Waals surface area contributed by atoms with Crippen molar-refractivity contribution >= 4 is 23.6 Å². The number of amides is 2. The number of hydrogen-bond acceptors (Lipinski definition) is 2. The molecule has 0 radical (unpaired) electrons. The van der Waals surface area contributed by atoms with Crippen molar-refractivity contribution in [1.29, 1.82) is 0 Å². The Balaban J connectivity index is 2.11. The molecule has 0 bridgehead atoms. The Hall–Kier alpha value is -1.75. The molecular weight excluding hydrogens is 244 g/mol. The first-order valence-corrected chi connectivity index (χ1v) is 5.47. The molecule has 0 aromatic heterocycles. The molecule has 1 aromatic carbocycles. The predicted molar refractivity (Wildman–Crippen MR) is 61.9 cm³/mol. The second kappa shape index (κ2) is 4.63. The Morgan fingerprint density at radius 3 is 3.00 bits per heavy atom. The number of carboxylic acids is 1. The van der Waals surface area contributed by atoms with Gasteiger partial charge in [-0.25, -0.2) is 4.79 Å². The monoisotopic (exact) mass is 254 g/mol. The molecule has 1 aromatic rings. The molecular formula is C11H11ClN2O3. The molecule has 0 aliphatic carbocycles. The van der Waals surface area contributed by atoms with Gasteiger partial charge in [0.1, 0.15) is 6.54 Å². The van der Waals surface area contributed by atoms with Gasteiger partial charge in [-0.15, -0.1) is 0 Å². The summed E-state index contributed by atoms with van der Waals surface area (Å²) in [7, 11) is 0. The molecule has 1 saturated heterocycles. The number of carboxylic acid groups (broad SMARTS) is 1. The number of aliphatic carboxylic acids is 1. The molecule has 0 saturated carbocycles. The van der Waals surface area contributed by atoms with Gasteiger partial charge in [0.25, 0.3) is 0 Å². The molecule has 2 N–H and O–H groups in total. The topological polar surface area (TPSA) is 69.6 Å². The van der Waals surface area contributed by atoms with Crippen molar-refractivity contribution in [2.24, 2.45) is 0 Å². The average molecular weight is 255 g/mol. The Kier molecular flexibility index (Phi) is 3.19. The molecule has 90 valence electrons. The van der Waals surface area contributed by atoms with E-state index in [0.717, 1.165) is 5.56 Å². The zero-order valence-corrected chi connectivity index (χ0v) is 9.65. The number of halogens is 1. The van der Waals surface area contributed by atoms with Crippen LogP contribution < -0.4 is 5.32 Å². The van der Waals surface area contributed by atoms with Crippen LogP contribution in [0.2, 0.25) is 5.02 Å². The van der Waals surface area contributed by atoms with Crippen molar-refractivity contribution in [3.63, 3.8) is 0 Å². The van der Waals surface area contributed by atoms with Gasteiger partial charge >= 0.3 is 12.0 Å². The SMILES string of the molecule is O=C(O)CN1CC(c2cccc(Cl)c2)NC1=O. The summed E-state index contributed by atoms with van der Waals surface area (Å²) in [6, 6.07) is 6.58. The van der Waals surface area contributed by atoms with Crippen molar-refractivity contribution in [3.05, 3.63) is 34.9 Å². The van der Waals surface area contributed by atoms with Crippen LogP contribution in [0, 0.1) is 0 Å². The third kappa shape index (κ3) is 2.68. The molecule has 1 heterocycles. The fraction of sp³-hybridized carbons (Fsp3) is 0.273. The van der Waals surface area contributed by atoms with E-state index < -0.39 is 5.97 Å². The number of nitrogens with zero attached hydrogens (tertiary/aromatic N) is 1. The van der Waals surface area contributed by atoms with E-state index in [0.29, 0.717) is 11.6 Å². The van der Waals surface area contributed by atoms with Crippen LogP contribution in [0.4, 0.5) is 4.79 Å². The first-order valence-electron chi connectivity index (χ1n) is 5.09. The highest BCUT2D eigenvalue weighted by Crippen LogP contribution is 2.22. The first kappa shape index (κ1) is 11.7. The molecule has 1 aliphatic heterocycles. The van der Waals surface area contributed by atoms with E-state index >= 15 is 0 Å². The lowest BCUT2D eigenvalue weighted by molar-refractivity contribution is -0.137. The zero-order chi connectivity index (χ0) is 12.4. The fourth-order valence-electron chi connectivity index (χ4n) is 1.80. The van der Waals surface area contributed by atoms with Gasteiger partial charge in [-0.05, 0) is 17.7 Å². The Labute approximate surface area is 103 Å². The van der Waals surface area contributed by atoms with Crippen LogP contribution in [0.15, 0.2) is 24.3 Å². The standard InChI is InChI=1S/C11H11ClN2O3/c12-8-3-1-2-7(4-8)9-5-14(6-10(15)16)11(17)13-9/h1-4,9H,5-6H2,(H,13,17)(H,15,16). The molecule has 1 unspecified atom stereocenters. The number of urea groups is 1. The van der Waals surface area contributed by atoms with Gasteiger partial charge in [-0.3, -0.25) is 4.79 Å². The minimum atomic E-state index is -1.02. The maximum absolute atomic E-state index is 11.5. The first-order chi connectivity index (χ1) is 8.06. The highest BCUT2D eigenvalue weighted by Gasteiger charge is 2.30.